The van der Waals surface area contributed by atoms with Crippen LogP contribution in [0.3, 0.4) is 0 Å². The van der Waals surface area contributed by atoms with Crippen LogP contribution in [0.2, 0.25) is 0 Å². The first kappa shape index (κ1) is 15.5. The number of esters is 1. The molecule has 4 atom stereocenters. The predicted octanol–water partition coefficient (Wildman–Crippen LogP) is 4.15. The molecule has 0 aromatic rings. The number of carbonyl (C=O) groups is 1. The minimum atomic E-state index is -0.229. The molecule has 1 aliphatic rings. The van der Waals surface area contributed by atoms with Crippen molar-refractivity contribution in [1.29, 1.82) is 0 Å². The first-order valence-corrected chi connectivity index (χ1v) is 8.40. The lowest BCUT2D eigenvalue weighted by atomic mass is 9.75. The largest absolute Gasteiger partial charge is 0.461 e. The molecule has 0 amide bonds. The summed E-state index contributed by atoms with van der Waals surface area (Å²) in [7, 11) is 0. The van der Waals surface area contributed by atoms with Crippen LogP contribution >= 0.6 is 31.9 Å². The van der Waals surface area contributed by atoms with E-state index in [1.165, 1.54) is 12.8 Å². The third-order valence-corrected chi connectivity index (χ3v) is 5.83. The summed E-state index contributed by atoms with van der Waals surface area (Å²) < 4.78 is 5.67. The lowest BCUT2D eigenvalue weighted by molar-refractivity contribution is -0.154. The number of alkyl halides is 2. The fraction of sp³-hybridized carbons (Fsp3) is 0.923. The van der Waals surface area contributed by atoms with Crippen LogP contribution in [0.25, 0.3) is 0 Å². The number of halogens is 2. The summed E-state index contributed by atoms with van der Waals surface area (Å²) in [6.45, 7) is 6.68. The number of ether oxygens (including phenoxy) is 1. The fourth-order valence-electron chi connectivity index (χ4n) is 2.54. The molecule has 0 aromatic carbocycles. The lowest BCUT2D eigenvalue weighted by Gasteiger charge is -2.37. The normalized spacial score (nSPS) is 31.3. The summed E-state index contributed by atoms with van der Waals surface area (Å²) in [5, 5.41) is 0.598. The second-order valence-corrected chi connectivity index (χ2v) is 7.18. The molecule has 2 nitrogen and oxygen atoms in total. The summed E-state index contributed by atoms with van der Waals surface area (Å²) in [4.78, 5) is 11.6. The van der Waals surface area contributed by atoms with Gasteiger partial charge in [0.2, 0.25) is 0 Å². The Morgan fingerprint density at radius 1 is 1.41 bits per heavy atom. The molecule has 1 saturated carbocycles. The van der Waals surface area contributed by atoms with Crippen molar-refractivity contribution in [2.24, 2.45) is 17.8 Å². The smallest absolute Gasteiger partial charge is 0.320 e. The Kier molecular flexibility index (Phi) is 6.49. The lowest BCUT2D eigenvalue weighted by Crippen LogP contribution is -2.37. The summed E-state index contributed by atoms with van der Waals surface area (Å²) in [6.07, 6.45) is 3.55. The van der Waals surface area contributed by atoms with Crippen LogP contribution < -0.4 is 0 Å². The zero-order valence-corrected chi connectivity index (χ0v) is 14.0. The molecular formula is C13H22Br2O2. The van der Waals surface area contributed by atoms with Crippen molar-refractivity contribution in [3.63, 3.8) is 0 Å². The number of carbonyl (C=O) groups excluding carboxylic acids is 1. The van der Waals surface area contributed by atoms with Gasteiger partial charge in [-0.2, -0.15) is 0 Å². The van der Waals surface area contributed by atoms with Gasteiger partial charge in [-0.1, -0.05) is 59.1 Å². The highest BCUT2D eigenvalue weighted by Gasteiger charge is 2.34. The monoisotopic (exact) mass is 368 g/mol. The molecule has 1 fully saturated rings. The fourth-order valence-corrected chi connectivity index (χ4v) is 2.91. The van der Waals surface area contributed by atoms with Gasteiger partial charge in [-0.3, -0.25) is 4.79 Å². The van der Waals surface area contributed by atoms with Crippen molar-refractivity contribution in [3.8, 4) is 0 Å². The van der Waals surface area contributed by atoms with E-state index in [2.05, 4.69) is 52.6 Å². The molecule has 0 heterocycles. The van der Waals surface area contributed by atoms with E-state index in [1.54, 1.807) is 0 Å². The van der Waals surface area contributed by atoms with Gasteiger partial charge >= 0.3 is 5.97 Å². The number of hydrogen-bond acceptors (Lipinski definition) is 2. The average Bonchev–Trinajstić information content (AvgIpc) is 2.27. The Balaban J connectivity index is 2.60. The van der Waals surface area contributed by atoms with Crippen molar-refractivity contribution in [3.05, 3.63) is 0 Å². The molecule has 4 heteroatoms. The molecule has 0 aliphatic heterocycles. The van der Waals surface area contributed by atoms with Gasteiger partial charge in [0.1, 0.15) is 10.9 Å². The number of rotatable bonds is 4. The Hall–Kier alpha value is 0.430. The van der Waals surface area contributed by atoms with Crippen molar-refractivity contribution in [1.82, 2.24) is 0 Å². The predicted molar refractivity (Wildman–Crippen MR) is 77.7 cm³/mol. The molecule has 0 spiro atoms. The van der Waals surface area contributed by atoms with Crippen LogP contribution in [-0.4, -0.2) is 22.2 Å². The Morgan fingerprint density at radius 2 is 2.06 bits per heavy atom. The summed E-state index contributed by atoms with van der Waals surface area (Å²) in [5.41, 5.74) is 0. The molecule has 0 saturated heterocycles. The molecule has 0 aromatic heterocycles. The summed E-state index contributed by atoms with van der Waals surface area (Å²) in [5.74, 6) is 1.63. The van der Waals surface area contributed by atoms with E-state index < -0.39 is 0 Å². The molecule has 1 rings (SSSR count). The first-order valence-electron chi connectivity index (χ1n) is 6.36. The van der Waals surface area contributed by atoms with Crippen molar-refractivity contribution >= 4 is 37.8 Å². The van der Waals surface area contributed by atoms with Gasteiger partial charge in [-0.05, 0) is 30.6 Å². The van der Waals surface area contributed by atoms with E-state index in [0.29, 0.717) is 23.1 Å². The highest BCUT2D eigenvalue weighted by molar-refractivity contribution is 9.12. The Morgan fingerprint density at radius 3 is 2.59 bits per heavy atom. The van der Waals surface area contributed by atoms with E-state index in [4.69, 9.17) is 4.74 Å². The second-order valence-electron chi connectivity index (χ2n) is 5.42. The standard InChI is InChI=1S/C13H22Br2O2/c1-8(2)10-5-4-9(3)6-12(10)17-13(16)11(15)7-14/h8-12H,4-7H2,1-3H3. The van der Waals surface area contributed by atoms with Gasteiger partial charge in [0.15, 0.2) is 0 Å². The van der Waals surface area contributed by atoms with Crippen molar-refractivity contribution < 1.29 is 9.53 Å². The minimum Gasteiger partial charge on any atom is -0.461 e. The zero-order chi connectivity index (χ0) is 13.0. The number of hydrogen-bond donors (Lipinski definition) is 0. The Bertz CT molecular complexity index is 256. The van der Waals surface area contributed by atoms with Crippen molar-refractivity contribution in [2.75, 3.05) is 5.33 Å². The quantitative estimate of drug-likeness (QED) is 0.549. The third-order valence-electron chi connectivity index (χ3n) is 3.62. The van der Waals surface area contributed by atoms with Gasteiger partial charge in [-0.15, -0.1) is 0 Å². The van der Waals surface area contributed by atoms with Crippen LogP contribution in [0.1, 0.15) is 40.0 Å². The maximum absolute atomic E-state index is 11.8. The van der Waals surface area contributed by atoms with Gasteiger partial charge in [0, 0.05) is 5.33 Å². The van der Waals surface area contributed by atoms with Crippen LogP contribution in [0.15, 0.2) is 0 Å². The molecule has 17 heavy (non-hydrogen) atoms. The molecular weight excluding hydrogens is 348 g/mol. The van der Waals surface area contributed by atoms with Crippen molar-refractivity contribution in [2.45, 2.75) is 51.0 Å². The topological polar surface area (TPSA) is 26.3 Å². The van der Waals surface area contributed by atoms with Gasteiger partial charge in [-0.25, -0.2) is 0 Å². The second kappa shape index (κ2) is 7.13. The average molecular weight is 370 g/mol. The van der Waals surface area contributed by atoms with Gasteiger partial charge in [0.05, 0.1) is 0 Å². The zero-order valence-electron chi connectivity index (χ0n) is 10.8. The first-order chi connectivity index (χ1) is 7.95. The van der Waals surface area contributed by atoms with Crippen LogP contribution in [-0.2, 0) is 9.53 Å². The van der Waals surface area contributed by atoms with Crippen LogP contribution in [0.5, 0.6) is 0 Å². The molecule has 100 valence electrons. The molecule has 0 bridgehead atoms. The van der Waals surface area contributed by atoms with E-state index in [-0.39, 0.29) is 16.9 Å². The SMILES string of the molecule is CC1CCC(C(C)C)C(OC(=O)C(Br)CBr)C1. The highest BCUT2D eigenvalue weighted by Crippen LogP contribution is 2.35. The van der Waals surface area contributed by atoms with Crippen LogP contribution in [0.4, 0.5) is 0 Å². The van der Waals surface area contributed by atoms with E-state index in [9.17, 15) is 4.79 Å². The summed E-state index contributed by atoms with van der Waals surface area (Å²) in [6, 6.07) is 0. The maximum atomic E-state index is 11.8. The molecule has 0 radical (unpaired) electrons. The maximum Gasteiger partial charge on any atom is 0.320 e. The Labute approximate surface area is 121 Å². The molecule has 4 unspecified atom stereocenters. The third kappa shape index (κ3) is 4.55. The van der Waals surface area contributed by atoms with Crippen LogP contribution in [0, 0.1) is 17.8 Å². The van der Waals surface area contributed by atoms with E-state index in [0.717, 1.165) is 6.42 Å². The molecule has 1 aliphatic carbocycles. The van der Waals surface area contributed by atoms with Gasteiger partial charge in [0.25, 0.3) is 0 Å². The van der Waals surface area contributed by atoms with E-state index in [1.807, 2.05) is 0 Å². The minimum absolute atomic E-state index is 0.102. The van der Waals surface area contributed by atoms with Gasteiger partial charge < -0.3 is 4.74 Å². The summed E-state index contributed by atoms with van der Waals surface area (Å²) >= 11 is 6.61. The van der Waals surface area contributed by atoms with E-state index >= 15 is 0 Å². The molecule has 0 N–H and O–H groups in total. The highest BCUT2D eigenvalue weighted by atomic mass is 79.9.